The van der Waals surface area contributed by atoms with Crippen molar-refractivity contribution in [1.82, 2.24) is 9.80 Å². The van der Waals surface area contributed by atoms with Crippen molar-refractivity contribution in [2.45, 2.75) is 19.9 Å². The van der Waals surface area contributed by atoms with Crippen molar-refractivity contribution in [1.29, 1.82) is 5.26 Å². The first-order valence-electron chi connectivity index (χ1n) is 8.22. The van der Waals surface area contributed by atoms with E-state index < -0.39 is 0 Å². The highest BCUT2D eigenvalue weighted by molar-refractivity contribution is 5.95. The molecule has 0 spiro atoms. The van der Waals surface area contributed by atoms with Crippen LogP contribution < -0.4 is 0 Å². The van der Waals surface area contributed by atoms with Crippen molar-refractivity contribution < 1.29 is 9.21 Å². The van der Waals surface area contributed by atoms with Gasteiger partial charge in [-0.25, -0.2) is 0 Å². The van der Waals surface area contributed by atoms with Crippen LogP contribution in [0.25, 0.3) is 0 Å². The summed E-state index contributed by atoms with van der Waals surface area (Å²) in [5, 5.41) is 8.86. The molecule has 0 atom stereocenters. The van der Waals surface area contributed by atoms with Gasteiger partial charge in [0, 0.05) is 32.7 Å². The number of hydrogen-bond donors (Lipinski definition) is 0. The smallest absolute Gasteiger partial charge is 0.257 e. The highest BCUT2D eigenvalue weighted by Gasteiger charge is 2.22. The van der Waals surface area contributed by atoms with Crippen LogP contribution in [0.2, 0.25) is 0 Å². The number of furan rings is 1. The molecule has 0 saturated carbocycles. The third-order valence-corrected chi connectivity index (χ3v) is 4.45. The largest absolute Gasteiger partial charge is 0.469 e. The average Bonchev–Trinajstić information content (AvgIpc) is 2.89. The number of nitriles is 1. The van der Waals surface area contributed by atoms with Gasteiger partial charge in [-0.1, -0.05) is 12.1 Å². The molecule has 1 aromatic heterocycles. The molecule has 1 aromatic carbocycles. The maximum absolute atomic E-state index is 12.6. The van der Waals surface area contributed by atoms with E-state index >= 15 is 0 Å². The van der Waals surface area contributed by atoms with Gasteiger partial charge >= 0.3 is 0 Å². The normalized spacial score (nSPS) is 15.8. The van der Waals surface area contributed by atoms with E-state index in [4.69, 9.17) is 9.68 Å². The van der Waals surface area contributed by atoms with Gasteiger partial charge in [0.25, 0.3) is 5.91 Å². The number of carbonyl (C=O) groups excluding carboxylic acids is 1. The van der Waals surface area contributed by atoms with Crippen LogP contribution in [-0.4, -0.2) is 41.9 Å². The summed E-state index contributed by atoms with van der Waals surface area (Å²) in [6, 6.07) is 11.6. The quantitative estimate of drug-likeness (QED) is 0.871. The zero-order valence-electron chi connectivity index (χ0n) is 13.9. The Kier molecular flexibility index (Phi) is 4.97. The first-order valence-corrected chi connectivity index (χ1v) is 8.22. The maximum atomic E-state index is 12.6. The first kappa shape index (κ1) is 16.3. The zero-order chi connectivity index (χ0) is 16.9. The van der Waals surface area contributed by atoms with Crippen LogP contribution >= 0.6 is 0 Å². The number of hydrogen-bond acceptors (Lipinski definition) is 4. The van der Waals surface area contributed by atoms with Gasteiger partial charge in [-0.15, -0.1) is 0 Å². The summed E-state index contributed by atoms with van der Waals surface area (Å²) in [4.78, 5) is 16.9. The van der Waals surface area contributed by atoms with Gasteiger partial charge in [0.05, 0.1) is 23.5 Å². The van der Waals surface area contributed by atoms with E-state index in [-0.39, 0.29) is 5.91 Å². The van der Waals surface area contributed by atoms with Gasteiger partial charge < -0.3 is 9.32 Å². The molecule has 0 unspecified atom stereocenters. The molecule has 1 aliphatic rings. The Morgan fingerprint density at radius 1 is 1.17 bits per heavy atom. The van der Waals surface area contributed by atoms with Crippen molar-refractivity contribution in [2.24, 2.45) is 0 Å². The highest BCUT2D eigenvalue weighted by Crippen LogP contribution is 2.15. The topological polar surface area (TPSA) is 60.5 Å². The lowest BCUT2D eigenvalue weighted by molar-refractivity contribution is 0.0759. The number of aryl methyl sites for hydroxylation is 1. The van der Waals surface area contributed by atoms with E-state index in [1.54, 1.807) is 12.3 Å². The fraction of sp³-hybridized carbons (Fsp3) is 0.368. The lowest BCUT2D eigenvalue weighted by Crippen LogP contribution is -2.35. The summed E-state index contributed by atoms with van der Waals surface area (Å²) in [6.45, 7) is 5.98. The van der Waals surface area contributed by atoms with Gasteiger partial charge in [0.1, 0.15) is 5.76 Å². The van der Waals surface area contributed by atoms with Gasteiger partial charge in [-0.3, -0.25) is 9.69 Å². The van der Waals surface area contributed by atoms with Crippen LogP contribution in [0, 0.1) is 18.3 Å². The minimum absolute atomic E-state index is 0.0569. The lowest BCUT2D eigenvalue weighted by Gasteiger charge is -2.22. The number of rotatable bonds is 3. The Labute approximate surface area is 142 Å². The molecule has 0 N–H and O–H groups in total. The second-order valence-electron chi connectivity index (χ2n) is 6.12. The van der Waals surface area contributed by atoms with E-state index in [1.165, 1.54) is 5.56 Å². The molecule has 3 rings (SSSR count). The molecule has 24 heavy (non-hydrogen) atoms. The minimum Gasteiger partial charge on any atom is -0.469 e. The predicted molar refractivity (Wildman–Crippen MR) is 90.4 cm³/mol. The van der Waals surface area contributed by atoms with E-state index in [1.807, 2.05) is 36.1 Å². The molecule has 2 aromatic rings. The average molecular weight is 323 g/mol. The molecular weight excluding hydrogens is 302 g/mol. The molecule has 5 heteroatoms. The van der Waals surface area contributed by atoms with E-state index in [2.05, 4.69) is 11.0 Å². The second-order valence-corrected chi connectivity index (χ2v) is 6.12. The standard InChI is InChI=1S/C19H21N3O2/c1-15-18(7-12-24-15)19(23)22-9-2-8-21(10-11-22)14-17-5-3-16(13-20)4-6-17/h3-7,12H,2,8-11,14H2,1H3. The highest BCUT2D eigenvalue weighted by atomic mass is 16.3. The third kappa shape index (κ3) is 3.66. The number of benzene rings is 1. The number of amides is 1. The van der Waals surface area contributed by atoms with Crippen LogP contribution in [0.4, 0.5) is 0 Å². The van der Waals surface area contributed by atoms with Gasteiger partial charge in [0.15, 0.2) is 0 Å². The molecule has 0 bridgehead atoms. The van der Waals surface area contributed by atoms with Gasteiger partial charge in [-0.05, 0) is 37.1 Å². The number of carbonyl (C=O) groups is 1. The van der Waals surface area contributed by atoms with Gasteiger partial charge in [-0.2, -0.15) is 5.26 Å². The number of nitrogens with zero attached hydrogens (tertiary/aromatic N) is 3. The van der Waals surface area contributed by atoms with Crippen LogP contribution in [0.3, 0.4) is 0 Å². The minimum atomic E-state index is 0.0569. The summed E-state index contributed by atoms with van der Waals surface area (Å²) in [6.07, 6.45) is 2.52. The Hall–Kier alpha value is -2.58. The maximum Gasteiger partial charge on any atom is 0.257 e. The van der Waals surface area contributed by atoms with Crippen LogP contribution in [0.5, 0.6) is 0 Å². The van der Waals surface area contributed by atoms with Crippen molar-refractivity contribution in [3.05, 3.63) is 59.0 Å². The van der Waals surface area contributed by atoms with E-state index in [0.29, 0.717) is 16.9 Å². The molecule has 1 amide bonds. The third-order valence-electron chi connectivity index (χ3n) is 4.45. The summed E-state index contributed by atoms with van der Waals surface area (Å²) in [5.41, 5.74) is 2.54. The second kappa shape index (κ2) is 7.33. The fourth-order valence-electron chi connectivity index (χ4n) is 3.05. The first-order chi connectivity index (χ1) is 11.7. The molecule has 124 valence electrons. The van der Waals surface area contributed by atoms with Crippen molar-refractivity contribution >= 4 is 5.91 Å². The monoisotopic (exact) mass is 323 g/mol. The van der Waals surface area contributed by atoms with Crippen LogP contribution in [0.1, 0.15) is 33.7 Å². The molecule has 2 heterocycles. The van der Waals surface area contributed by atoms with Crippen LogP contribution in [0.15, 0.2) is 41.0 Å². The Balaban J connectivity index is 1.59. The molecule has 1 fully saturated rings. The summed E-state index contributed by atoms with van der Waals surface area (Å²) in [5.74, 6) is 0.736. The molecule has 1 aliphatic heterocycles. The molecule has 0 aliphatic carbocycles. The summed E-state index contributed by atoms with van der Waals surface area (Å²) in [7, 11) is 0. The summed E-state index contributed by atoms with van der Waals surface area (Å²) < 4.78 is 5.25. The van der Waals surface area contributed by atoms with Crippen molar-refractivity contribution in [2.75, 3.05) is 26.2 Å². The zero-order valence-corrected chi connectivity index (χ0v) is 13.9. The summed E-state index contributed by atoms with van der Waals surface area (Å²) >= 11 is 0. The van der Waals surface area contributed by atoms with E-state index in [0.717, 1.165) is 39.1 Å². The van der Waals surface area contributed by atoms with Crippen LogP contribution in [-0.2, 0) is 6.54 Å². The predicted octanol–water partition coefficient (Wildman–Crippen LogP) is 2.81. The van der Waals surface area contributed by atoms with Crippen molar-refractivity contribution in [3.8, 4) is 6.07 Å². The Bertz CT molecular complexity index is 743. The molecular formula is C19H21N3O2. The molecule has 1 saturated heterocycles. The lowest BCUT2D eigenvalue weighted by atomic mass is 10.1. The molecule has 5 nitrogen and oxygen atoms in total. The van der Waals surface area contributed by atoms with Gasteiger partial charge in [0.2, 0.25) is 0 Å². The SMILES string of the molecule is Cc1occc1C(=O)N1CCCN(Cc2ccc(C#N)cc2)CC1. The van der Waals surface area contributed by atoms with Crippen molar-refractivity contribution in [3.63, 3.8) is 0 Å². The Morgan fingerprint density at radius 2 is 1.96 bits per heavy atom. The van der Waals surface area contributed by atoms with E-state index in [9.17, 15) is 4.79 Å². The fourth-order valence-corrected chi connectivity index (χ4v) is 3.05. The molecule has 0 radical (unpaired) electrons. The Morgan fingerprint density at radius 3 is 2.62 bits per heavy atom.